The minimum Gasteiger partial charge on any atom is -0.444 e. The summed E-state index contributed by atoms with van der Waals surface area (Å²) in [6.45, 7) is 5.68. The van der Waals surface area contributed by atoms with Crippen molar-refractivity contribution in [1.29, 1.82) is 0 Å². The molecule has 3 rings (SSSR count). The van der Waals surface area contributed by atoms with E-state index in [1.54, 1.807) is 0 Å². The van der Waals surface area contributed by atoms with Crippen LogP contribution in [0.4, 0.5) is 4.79 Å². The Labute approximate surface area is 168 Å². The van der Waals surface area contributed by atoms with E-state index in [-0.39, 0.29) is 18.5 Å². The van der Waals surface area contributed by atoms with Gasteiger partial charge in [-0.2, -0.15) is 0 Å². The monoisotopic (exact) mass is 387 g/mol. The lowest BCUT2D eigenvalue weighted by molar-refractivity contribution is -0.123. The maximum atomic E-state index is 13.1. The van der Waals surface area contributed by atoms with Crippen LogP contribution >= 0.6 is 0 Å². The minimum absolute atomic E-state index is 0.0313. The predicted octanol–water partition coefficient (Wildman–Crippen LogP) is 3.04. The number of ether oxygens (including phenoxy) is 1. The number of alkyl carbamates (subject to hydrolysis) is 1. The van der Waals surface area contributed by atoms with Crippen LogP contribution < -0.4 is 10.6 Å². The van der Waals surface area contributed by atoms with Gasteiger partial charge < -0.3 is 20.3 Å². The highest BCUT2D eigenvalue weighted by atomic mass is 16.6. The van der Waals surface area contributed by atoms with Gasteiger partial charge in [0.05, 0.1) is 5.92 Å². The fraction of sp³-hybridized carbons (Fsp3) is 0.636. The van der Waals surface area contributed by atoms with Crippen molar-refractivity contribution in [3.05, 3.63) is 35.9 Å². The van der Waals surface area contributed by atoms with Gasteiger partial charge in [-0.05, 0) is 59.1 Å². The fourth-order valence-electron chi connectivity index (χ4n) is 4.38. The maximum absolute atomic E-state index is 13.1. The Bertz CT molecular complexity index is 672. The highest BCUT2D eigenvalue weighted by Crippen LogP contribution is 2.34. The molecule has 0 saturated carbocycles. The molecule has 0 spiro atoms. The average Bonchev–Trinajstić information content (AvgIpc) is 2.82. The van der Waals surface area contributed by atoms with E-state index in [0.717, 1.165) is 18.4 Å². The van der Waals surface area contributed by atoms with Crippen LogP contribution in [-0.4, -0.2) is 54.2 Å². The molecule has 1 aromatic carbocycles. The highest BCUT2D eigenvalue weighted by molar-refractivity contribution is 5.84. The maximum Gasteiger partial charge on any atom is 0.407 e. The highest BCUT2D eigenvalue weighted by Gasteiger charge is 2.39. The lowest BCUT2D eigenvalue weighted by Gasteiger charge is -2.37. The Kier molecular flexibility index (Phi) is 6.28. The second-order valence-corrected chi connectivity index (χ2v) is 9.07. The van der Waals surface area contributed by atoms with Crippen molar-refractivity contribution in [2.24, 2.45) is 0 Å². The van der Waals surface area contributed by atoms with E-state index >= 15 is 0 Å². The third kappa shape index (κ3) is 5.25. The summed E-state index contributed by atoms with van der Waals surface area (Å²) in [5.41, 5.74) is 0.328. The molecule has 0 aromatic heterocycles. The van der Waals surface area contributed by atoms with Gasteiger partial charge in [-0.1, -0.05) is 30.3 Å². The average molecular weight is 388 g/mol. The third-order valence-corrected chi connectivity index (χ3v) is 5.81. The first kappa shape index (κ1) is 20.6. The van der Waals surface area contributed by atoms with Crippen molar-refractivity contribution in [3.63, 3.8) is 0 Å². The van der Waals surface area contributed by atoms with Crippen molar-refractivity contribution in [2.75, 3.05) is 13.6 Å². The molecule has 2 fully saturated rings. The van der Waals surface area contributed by atoms with Gasteiger partial charge in [-0.25, -0.2) is 4.79 Å². The Morgan fingerprint density at radius 1 is 1.14 bits per heavy atom. The number of rotatable bonds is 5. The molecule has 2 bridgehead atoms. The third-order valence-electron chi connectivity index (χ3n) is 5.81. The zero-order chi connectivity index (χ0) is 20.3. The van der Waals surface area contributed by atoms with Crippen molar-refractivity contribution < 1.29 is 14.3 Å². The molecular weight excluding hydrogens is 354 g/mol. The van der Waals surface area contributed by atoms with Crippen LogP contribution in [0, 0.1) is 0 Å². The summed E-state index contributed by atoms with van der Waals surface area (Å²) in [5.74, 6) is -0.470. The Hall–Kier alpha value is -2.08. The standard InChI is InChI=1S/C22H33N3O3/c1-22(2,3)28-21(27)23-14-19(15-8-6-5-7-9-15)20(26)24-16-12-17-10-11-18(13-16)25(17)4/h5-9,16-19H,10-14H2,1-4H3,(H,23,27)(H,24,26)/t17-,18-,19?/m0/s1. The molecule has 6 heteroatoms. The van der Waals surface area contributed by atoms with Crippen LogP contribution in [0.2, 0.25) is 0 Å². The van der Waals surface area contributed by atoms with Gasteiger partial charge in [-0.15, -0.1) is 0 Å². The van der Waals surface area contributed by atoms with Crippen LogP contribution in [0.15, 0.2) is 30.3 Å². The first-order valence-electron chi connectivity index (χ1n) is 10.3. The van der Waals surface area contributed by atoms with Crippen LogP contribution in [0.1, 0.15) is 57.9 Å². The van der Waals surface area contributed by atoms with Crippen molar-refractivity contribution >= 4 is 12.0 Å². The molecule has 2 amide bonds. The van der Waals surface area contributed by atoms with E-state index < -0.39 is 17.6 Å². The second-order valence-electron chi connectivity index (χ2n) is 9.07. The minimum atomic E-state index is -0.567. The molecule has 28 heavy (non-hydrogen) atoms. The van der Waals surface area contributed by atoms with E-state index in [1.165, 1.54) is 12.8 Å². The van der Waals surface area contributed by atoms with Gasteiger partial charge >= 0.3 is 6.09 Å². The van der Waals surface area contributed by atoms with Crippen LogP contribution in [0.5, 0.6) is 0 Å². The topological polar surface area (TPSA) is 70.7 Å². The summed E-state index contributed by atoms with van der Waals surface area (Å²) in [6.07, 6.45) is 3.93. The molecule has 1 aromatic rings. The van der Waals surface area contributed by atoms with Crippen molar-refractivity contribution in [2.45, 2.75) is 76.1 Å². The number of nitrogens with one attached hydrogen (secondary N) is 2. The molecule has 2 heterocycles. The molecule has 3 atom stereocenters. The van der Waals surface area contributed by atoms with Crippen molar-refractivity contribution in [3.8, 4) is 0 Å². The molecule has 2 saturated heterocycles. The normalized spacial score (nSPS) is 25.8. The van der Waals surface area contributed by atoms with Gasteiger partial charge in [0.15, 0.2) is 0 Å². The Balaban J connectivity index is 1.63. The molecule has 0 aliphatic carbocycles. The van der Waals surface area contributed by atoms with E-state index in [0.29, 0.717) is 12.1 Å². The number of piperidine rings is 1. The second kappa shape index (κ2) is 8.52. The van der Waals surface area contributed by atoms with Crippen LogP contribution in [0.25, 0.3) is 0 Å². The smallest absolute Gasteiger partial charge is 0.407 e. The number of nitrogens with zero attached hydrogens (tertiary/aromatic N) is 1. The predicted molar refractivity (Wildman–Crippen MR) is 109 cm³/mol. The zero-order valence-corrected chi connectivity index (χ0v) is 17.4. The van der Waals surface area contributed by atoms with E-state index in [1.807, 2.05) is 51.1 Å². The number of benzene rings is 1. The molecule has 0 radical (unpaired) electrons. The fourth-order valence-corrected chi connectivity index (χ4v) is 4.38. The van der Waals surface area contributed by atoms with Gasteiger partial charge in [-0.3, -0.25) is 4.79 Å². The molecule has 1 unspecified atom stereocenters. The van der Waals surface area contributed by atoms with E-state index in [2.05, 4.69) is 22.6 Å². The summed E-state index contributed by atoms with van der Waals surface area (Å²) < 4.78 is 5.31. The lowest BCUT2D eigenvalue weighted by atomic mass is 9.94. The first-order chi connectivity index (χ1) is 13.2. The lowest BCUT2D eigenvalue weighted by Crippen LogP contribution is -2.50. The Morgan fingerprint density at radius 3 is 2.32 bits per heavy atom. The van der Waals surface area contributed by atoms with Gasteiger partial charge in [0.25, 0.3) is 0 Å². The first-order valence-corrected chi connectivity index (χ1v) is 10.3. The molecule has 2 aliphatic heterocycles. The molecular formula is C22H33N3O3. The summed E-state index contributed by atoms with van der Waals surface area (Å²) in [6, 6.07) is 11.0. The number of fused-ring (bicyclic) bond motifs is 2. The SMILES string of the molecule is CN1[C@H]2CC[C@H]1CC(NC(=O)C(CNC(=O)OC(C)(C)C)c1ccccc1)C2. The van der Waals surface area contributed by atoms with Gasteiger partial charge in [0, 0.05) is 24.7 Å². The van der Waals surface area contributed by atoms with E-state index in [9.17, 15) is 9.59 Å². The number of amides is 2. The molecule has 6 nitrogen and oxygen atoms in total. The summed E-state index contributed by atoms with van der Waals surface area (Å²) in [5, 5.41) is 6.02. The van der Waals surface area contributed by atoms with Crippen LogP contribution in [0.3, 0.4) is 0 Å². The van der Waals surface area contributed by atoms with Gasteiger partial charge in [0.1, 0.15) is 5.60 Å². The molecule has 154 valence electrons. The van der Waals surface area contributed by atoms with E-state index in [4.69, 9.17) is 4.74 Å². The summed E-state index contributed by atoms with van der Waals surface area (Å²) >= 11 is 0. The van der Waals surface area contributed by atoms with Gasteiger partial charge in [0.2, 0.25) is 5.91 Å². The summed E-state index contributed by atoms with van der Waals surface area (Å²) in [4.78, 5) is 27.6. The van der Waals surface area contributed by atoms with Crippen molar-refractivity contribution in [1.82, 2.24) is 15.5 Å². The van der Waals surface area contributed by atoms with Crippen LogP contribution in [-0.2, 0) is 9.53 Å². The molecule has 2 N–H and O–H groups in total. The number of hydrogen-bond donors (Lipinski definition) is 2. The zero-order valence-electron chi connectivity index (χ0n) is 17.4. The number of carbonyl (C=O) groups is 2. The summed E-state index contributed by atoms with van der Waals surface area (Å²) in [7, 11) is 2.19. The number of carbonyl (C=O) groups excluding carboxylic acids is 2. The Morgan fingerprint density at radius 2 is 1.75 bits per heavy atom. The number of hydrogen-bond acceptors (Lipinski definition) is 4. The largest absolute Gasteiger partial charge is 0.444 e. The quantitative estimate of drug-likeness (QED) is 0.815. The molecule has 2 aliphatic rings.